The predicted molar refractivity (Wildman–Crippen MR) is 134 cm³/mol. The molecule has 2 heterocycles. The summed E-state index contributed by atoms with van der Waals surface area (Å²) in [5.41, 5.74) is 5.18. The Morgan fingerprint density at radius 1 is 1.06 bits per heavy atom. The molecule has 1 N–H and O–H groups in total. The molecule has 4 aromatic rings. The zero-order valence-corrected chi connectivity index (χ0v) is 20.9. The van der Waals surface area contributed by atoms with Gasteiger partial charge < -0.3 is 14.5 Å². The first-order valence-corrected chi connectivity index (χ1v) is 11.5. The summed E-state index contributed by atoms with van der Waals surface area (Å²) in [6.07, 6.45) is 0. The molecule has 0 fully saturated rings. The van der Waals surface area contributed by atoms with E-state index < -0.39 is 0 Å². The number of nitrogens with zero attached hydrogens (tertiary/aromatic N) is 2. The number of amides is 1. The van der Waals surface area contributed by atoms with Crippen LogP contribution in [-0.4, -0.2) is 15.7 Å². The molecule has 0 saturated carbocycles. The van der Waals surface area contributed by atoms with Crippen LogP contribution in [0.25, 0.3) is 0 Å². The maximum Gasteiger partial charge on any atom is 0.291 e. The first-order chi connectivity index (χ1) is 16.2. The highest BCUT2D eigenvalue weighted by Gasteiger charge is 2.18. The molecular weight excluding hydrogens is 473 g/mol. The van der Waals surface area contributed by atoms with Crippen LogP contribution in [0.5, 0.6) is 5.75 Å². The van der Waals surface area contributed by atoms with E-state index in [1.807, 2.05) is 52.0 Å². The van der Waals surface area contributed by atoms with Gasteiger partial charge in [-0.25, -0.2) is 0 Å². The molecule has 0 aliphatic rings. The summed E-state index contributed by atoms with van der Waals surface area (Å²) >= 11 is 12.3. The number of furan rings is 1. The van der Waals surface area contributed by atoms with E-state index in [0.29, 0.717) is 33.7 Å². The molecule has 4 rings (SSSR count). The number of anilines is 1. The van der Waals surface area contributed by atoms with Crippen LogP contribution >= 0.6 is 23.2 Å². The number of carbonyl (C=O) groups excluding carboxylic acids is 1. The summed E-state index contributed by atoms with van der Waals surface area (Å²) in [6.45, 7) is 8.42. The number of carbonyl (C=O) groups is 1. The van der Waals surface area contributed by atoms with Crippen LogP contribution in [0, 0.1) is 27.7 Å². The first kappa shape index (κ1) is 23.9. The van der Waals surface area contributed by atoms with Gasteiger partial charge in [0.1, 0.15) is 18.1 Å². The Morgan fingerprint density at radius 2 is 1.85 bits per heavy atom. The number of hydrogen-bond donors (Lipinski definition) is 1. The lowest BCUT2D eigenvalue weighted by atomic mass is 10.1. The minimum absolute atomic E-state index is 0.201. The maximum atomic E-state index is 12.8. The molecule has 8 heteroatoms. The number of hydrogen-bond acceptors (Lipinski definition) is 4. The van der Waals surface area contributed by atoms with Crippen LogP contribution in [0.15, 0.2) is 52.9 Å². The highest BCUT2D eigenvalue weighted by Crippen LogP contribution is 2.26. The average Bonchev–Trinajstić information content (AvgIpc) is 3.37. The number of aromatic nitrogens is 2. The first-order valence-electron chi connectivity index (χ1n) is 10.8. The van der Waals surface area contributed by atoms with E-state index in [2.05, 4.69) is 10.4 Å². The summed E-state index contributed by atoms with van der Waals surface area (Å²) in [7, 11) is 0. The van der Waals surface area contributed by atoms with Gasteiger partial charge in [-0.05, 0) is 74.7 Å². The summed E-state index contributed by atoms with van der Waals surface area (Å²) in [5.74, 6) is 1.20. The van der Waals surface area contributed by atoms with Crippen LogP contribution in [-0.2, 0) is 13.2 Å². The summed E-state index contributed by atoms with van der Waals surface area (Å²) < 4.78 is 13.4. The zero-order chi connectivity index (χ0) is 24.4. The van der Waals surface area contributed by atoms with Crippen LogP contribution in [0.2, 0.25) is 10.0 Å². The van der Waals surface area contributed by atoms with Crippen LogP contribution < -0.4 is 10.1 Å². The molecule has 0 unspecified atom stereocenters. The average molecular weight is 498 g/mol. The molecule has 0 saturated heterocycles. The third-order valence-electron chi connectivity index (χ3n) is 5.55. The molecule has 0 spiro atoms. The van der Waals surface area contributed by atoms with Gasteiger partial charge in [0.05, 0.1) is 23.6 Å². The zero-order valence-electron chi connectivity index (χ0n) is 19.4. The third kappa shape index (κ3) is 5.29. The fourth-order valence-electron chi connectivity index (χ4n) is 3.61. The Morgan fingerprint density at radius 3 is 2.62 bits per heavy atom. The van der Waals surface area contributed by atoms with E-state index in [9.17, 15) is 4.79 Å². The van der Waals surface area contributed by atoms with E-state index in [0.717, 1.165) is 28.1 Å². The monoisotopic (exact) mass is 497 g/mol. The van der Waals surface area contributed by atoms with E-state index >= 15 is 0 Å². The second kappa shape index (κ2) is 9.95. The van der Waals surface area contributed by atoms with Crippen molar-refractivity contribution >= 4 is 34.8 Å². The van der Waals surface area contributed by atoms with Crippen molar-refractivity contribution in [1.29, 1.82) is 0 Å². The van der Waals surface area contributed by atoms with E-state index in [1.165, 1.54) is 0 Å². The van der Waals surface area contributed by atoms with Gasteiger partial charge in [0.15, 0.2) is 5.76 Å². The Bertz CT molecular complexity index is 1360. The van der Waals surface area contributed by atoms with Crippen molar-refractivity contribution < 1.29 is 13.9 Å². The molecule has 0 bridgehead atoms. The normalized spacial score (nSPS) is 11.0. The van der Waals surface area contributed by atoms with Crippen molar-refractivity contribution in [2.75, 3.05) is 5.32 Å². The highest BCUT2D eigenvalue weighted by molar-refractivity contribution is 6.35. The summed E-state index contributed by atoms with van der Waals surface area (Å²) in [4.78, 5) is 12.8. The molecular formula is C26H25Cl2N3O3. The second-order valence-corrected chi connectivity index (χ2v) is 9.06. The van der Waals surface area contributed by atoms with Gasteiger partial charge in [0, 0.05) is 10.0 Å². The van der Waals surface area contributed by atoms with Gasteiger partial charge in [-0.1, -0.05) is 41.4 Å². The lowest BCUT2D eigenvalue weighted by Crippen LogP contribution is -2.12. The molecule has 0 atom stereocenters. The van der Waals surface area contributed by atoms with Crippen LogP contribution in [0.3, 0.4) is 0 Å². The topological polar surface area (TPSA) is 69.3 Å². The molecule has 2 aromatic heterocycles. The minimum atomic E-state index is -0.353. The number of aryl methyl sites for hydroxylation is 3. The molecule has 1 amide bonds. The Kier molecular flexibility index (Phi) is 7.00. The summed E-state index contributed by atoms with van der Waals surface area (Å²) in [5, 5.41) is 8.62. The maximum absolute atomic E-state index is 12.8. The fourth-order valence-corrected chi connectivity index (χ4v) is 4.08. The molecule has 34 heavy (non-hydrogen) atoms. The van der Waals surface area contributed by atoms with E-state index in [1.54, 1.807) is 28.9 Å². The Hall–Kier alpha value is -3.22. The molecule has 0 aliphatic heterocycles. The number of benzene rings is 2. The quantitative estimate of drug-likeness (QED) is 0.301. The van der Waals surface area contributed by atoms with Gasteiger partial charge >= 0.3 is 0 Å². The Balaban J connectivity index is 1.44. The largest absolute Gasteiger partial charge is 0.485 e. The highest BCUT2D eigenvalue weighted by atomic mass is 35.5. The molecule has 2 aromatic carbocycles. The van der Waals surface area contributed by atoms with Crippen molar-refractivity contribution in [2.24, 2.45) is 0 Å². The predicted octanol–water partition coefficient (Wildman–Crippen LogP) is 6.90. The van der Waals surface area contributed by atoms with E-state index in [4.69, 9.17) is 32.4 Å². The van der Waals surface area contributed by atoms with Crippen LogP contribution in [0.4, 0.5) is 5.69 Å². The van der Waals surface area contributed by atoms with Gasteiger partial charge in [-0.2, -0.15) is 5.10 Å². The number of nitrogens with one attached hydrogen (secondary N) is 1. The van der Waals surface area contributed by atoms with Gasteiger partial charge in [0.25, 0.3) is 5.91 Å². The standard InChI is InChI=1S/C26H25Cl2N3O3/c1-15-5-6-16(2)24(11-15)33-14-21-9-10-23(34-21)26(32)29-25-17(3)30-31(18(25)4)13-19-7-8-20(27)12-22(19)28/h5-12H,13-14H2,1-4H3,(H,29,32). The van der Waals surface area contributed by atoms with E-state index in [-0.39, 0.29) is 18.3 Å². The van der Waals surface area contributed by atoms with Crippen molar-refractivity contribution in [3.8, 4) is 5.75 Å². The number of halogens is 2. The van der Waals surface area contributed by atoms with Crippen molar-refractivity contribution in [3.05, 3.63) is 98.2 Å². The van der Waals surface area contributed by atoms with Gasteiger partial charge in [0.2, 0.25) is 0 Å². The van der Waals surface area contributed by atoms with Crippen molar-refractivity contribution in [2.45, 2.75) is 40.8 Å². The fraction of sp³-hybridized carbons (Fsp3) is 0.231. The smallest absolute Gasteiger partial charge is 0.291 e. The van der Waals surface area contributed by atoms with Gasteiger partial charge in [-0.15, -0.1) is 0 Å². The third-order valence-corrected chi connectivity index (χ3v) is 6.14. The summed E-state index contributed by atoms with van der Waals surface area (Å²) in [6, 6.07) is 14.8. The molecule has 0 radical (unpaired) electrons. The van der Waals surface area contributed by atoms with Crippen molar-refractivity contribution in [3.63, 3.8) is 0 Å². The van der Waals surface area contributed by atoms with Gasteiger partial charge in [-0.3, -0.25) is 9.48 Å². The molecule has 6 nitrogen and oxygen atoms in total. The lowest BCUT2D eigenvalue weighted by Gasteiger charge is -2.09. The Labute approximate surface area is 208 Å². The lowest BCUT2D eigenvalue weighted by molar-refractivity contribution is 0.0992. The number of rotatable bonds is 7. The van der Waals surface area contributed by atoms with Crippen molar-refractivity contribution in [1.82, 2.24) is 9.78 Å². The number of ether oxygens (including phenoxy) is 1. The SMILES string of the molecule is Cc1ccc(C)c(OCc2ccc(C(=O)Nc3c(C)nn(Cc4ccc(Cl)cc4Cl)c3C)o2)c1. The minimum Gasteiger partial charge on any atom is -0.485 e. The molecule has 0 aliphatic carbocycles. The molecule has 176 valence electrons. The second-order valence-electron chi connectivity index (χ2n) is 8.22. The van der Waals surface area contributed by atoms with Crippen LogP contribution in [0.1, 0.15) is 44.4 Å².